The van der Waals surface area contributed by atoms with Crippen LogP contribution in [0.15, 0.2) is 42.5 Å². The molecule has 170 valence electrons. The second-order valence-electron chi connectivity index (χ2n) is 8.12. The number of nitrogens with two attached hydrogens (primary N) is 1. The molecule has 4 N–H and O–H groups in total. The quantitative estimate of drug-likeness (QED) is 0.574. The number of carbonyl (C=O) groups is 4. The summed E-state index contributed by atoms with van der Waals surface area (Å²) in [6.45, 7) is 0.455. The monoisotopic (exact) mass is 438 g/mol. The summed E-state index contributed by atoms with van der Waals surface area (Å²) >= 11 is 0. The van der Waals surface area contributed by atoms with Gasteiger partial charge in [0.2, 0.25) is 23.6 Å². The van der Waals surface area contributed by atoms with E-state index >= 15 is 0 Å². The Morgan fingerprint density at radius 3 is 2.53 bits per heavy atom. The minimum absolute atomic E-state index is 0.0415. The topological polar surface area (TPSA) is 122 Å². The summed E-state index contributed by atoms with van der Waals surface area (Å²) in [5, 5.41) is 7.38. The van der Waals surface area contributed by atoms with Crippen LogP contribution < -0.4 is 16.4 Å². The third-order valence-corrected chi connectivity index (χ3v) is 5.88. The lowest BCUT2D eigenvalue weighted by atomic mass is 9.98. The van der Waals surface area contributed by atoms with Gasteiger partial charge in [-0.3, -0.25) is 19.2 Å². The fourth-order valence-electron chi connectivity index (χ4n) is 4.08. The smallest absolute Gasteiger partial charge is 0.243 e. The Bertz CT molecular complexity index is 1010. The van der Waals surface area contributed by atoms with Crippen LogP contribution in [0.5, 0.6) is 0 Å². The molecule has 0 aromatic heterocycles. The number of benzene rings is 2. The van der Waals surface area contributed by atoms with Gasteiger partial charge in [0.05, 0.1) is 0 Å². The Kier molecular flexibility index (Phi) is 7.81. The maximum absolute atomic E-state index is 13.0. The van der Waals surface area contributed by atoms with Crippen LogP contribution in [0.2, 0.25) is 0 Å². The van der Waals surface area contributed by atoms with Crippen LogP contribution in [0.25, 0.3) is 10.8 Å². The number of likely N-dealkylation sites (tertiary alicyclic amines) is 1. The molecule has 0 aliphatic carbocycles. The zero-order valence-electron chi connectivity index (χ0n) is 18.3. The highest BCUT2D eigenvalue weighted by Crippen LogP contribution is 2.20. The van der Waals surface area contributed by atoms with Crippen LogP contribution in [-0.4, -0.2) is 54.2 Å². The van der Waals surface area contributed by atoms with Gasteiger partial charge in [-0.15, -0.1) is 0 Å². The number of nitrogens with one attached hydrogen (secondary N) is 2. The van der Waals surface area contributed by atoms with Crippen molar-refractivity contribution in [2.75, 3.05) is 13.6 Å². The molecule has 0 spiro atoms. The molecule has 0 bridgehead atoms. The van der Waals surface area contributed by atoms with Gasteiger partial charge in [-0.05, 0) is 35.6 Å². The average Bonchev–Trinajstić information content (AvgIpc) is 2.81. The molecule has 8 heteroatoms. The Morgan fingerprint density at radius 2 is 1.81 bits per heavy atom. The van der Waals surface area contributed by atoms with Gasteiger partial charge < -0.3 is 21.3 Å². The van der Waals surface area contributed by atoms with Crippen molar-refractivity contribution in [3.8, 4) is 0 Å². The lowest BCUT2D eigenvalue weighted by Crippen LogP contribution is -2.56. The zero-order chi connectivity index (χ0) is 23.1. The number of rotatable bonds is 8. The molecular formula is C24H30N4O4. The molecular weight excluding hydrogens is 408 g/mol. The van der Waals surface area contributed by atoms with E-state index in [1.54, 1.807) is 0 Å². The number of primary amides is 1. The van der Waals surface area contributed by atoms with Crippen molar-refractivity contribution in [1.82, 2.24) is 15.5 Å². The van der Waals surface area contributed by atoms with Gasteiger partial charge in [0.25, 0.3) is 0 Å². The van der Waals surface area contributed by atoms with E-state index < -0.39 is 18.0 Å². The maximum atomic E-state index is 13.0. The number of nitrogens with zero attached hydrogens (tertiary/aromatic N) is 1. The summed E-state index contributed by atoms with van der Waals surface area (Å²) < 4.78 is 0. The van der Waals surface area contributed by atoms with Crippen LogP contribution in [0, 0.1) is 0 Å². The molecule has 32 heavy (non-hydrogen) atoms. The zero-order valence-corrected chi connectivity index (χ0v) is 18.3. The van der Waals surface area contributed by atoms with Crippen LogP contribution >= 0.6 is 0 Å². The number of piperidine rings is 1. The SMILES string of the molecule is CNC(=O)CCC(=O)N1CCCC[C@H]1C(=O)N[C@@H](Cc1ccc2ccccc2c1)C(N)=O. The Hall–Kier alpha value is -3.42. The summed E-state index contributed by atoms with van der Waals surface area (Å²) in [4.78, 5) is 50.8. The first kappa shape index (κ1) is 23.2. The highest BCUT2D eigenvalue weighted by atomic mass is 16.2. The Morgan fingerprint density at radius 1 is 1.06 bits per heavy atom. The molecule has 3 rings (SSSR count). The van der Waals surface area contributed by atoms with Crippen LogP contribution in [0.3, 0.4) is 0 Å². The van der Waals surface area contributed by atoms with Crippen molar-refractivity contribution >= 4 is 34.4 Å². The van der Waals surface area contributed by atoms with Gasteiger partial charge >= 0.3 is 0 Å². The third-order valence-electron chi connectivity index (χ3n) is 5.88. The van der Waals surface area contributed by atoms with Crippen molar-refractivity contribution in [3.05, 3.63) is 48.0 Å². The summed E-state index contributed by atoms with van der Waals surface area (Å²) in [7, 11) is 1.52. The number of fused-ring (bicyclic) bond motifs is 1. The third kappa shape index (κ3) is 5.84. The first-order valence-electron chi connectivity index (χ1n) is 11.0. The van der Waals surface area contributed by atoms with E-state index in [0.29, 0.717) is 13.0 Å². The van der Waals surface area contributed by atoms with Gasteiger partial charge in [0.1, 0.15) is 12.1 Å². The molecule has 1 fully saturated rings. The normalized spacial score (nSPS) is 16.9. The highest BCUT2D eigenvalue weighted by molar-refractivity contribution is 5.92. The molecule has 1 saturated heterocycles. The molecule has 1 heterocycles. The van der Waals surface area contributed by atoms with Crippen molar-refractivity contribution in [2.24, 2.45) is 5.73 Å². The fraction of sp³-hybridized carbons (Fsp3) is 0.417. The minimum atomic E-state index is -0.881. The van der Waals surface area contributed by atoms with Crippen molar-refractivity contribution in [2.45, 2.75) is 50.6 Å². The predicted molar refractivity (Wildman–Crippen MR) is 121 cm³/mol. The molecule has 1 aliphatic rings. The number of hydrogen-bond acceptors (Lipinski definition) is 4. The van der Waals surface area contributed by atoms with Gasteiger partial charge in [-0.2, -0.15) is 0 Å². The van der Waals surface area contributed by atoms with Crippen LogP contribution in [-0.2, 0) is 25.6 Å². The van der Waals surface area contributed by atoms with Gasteiger partial charge in [0, 0.05) is 32.9 Å². The molecule has 4 amide bonds. The van der Waals surface area contributed by atoms with E-state index in [9.17, 15) is 19.2 Å². The molecule has 2 aromatic carbocycles. The number of carbonyl (C=O) groups excluding carboxylic acids is 4. The fourth-order valence-corrected chi connectivity index (χ4v) is 4.08. The molecule has 2 aromatic rings. The Labute approximate surface area is 187 Å². The Balaban J connectivity index is 1.68. The number of hydrogen-bond donors (Lipinski definition) is 3. The van der Waals surface area contributed by atoms with E-state index in [1.807, 2.05) is 42.5 Å². The molecule has 2 atom stereocenters. The second kappa shape index (κ2) is 10.7. The first-order valence-corrected chi connectivity index (χ1v) is 11.0. The van der Waals surface area contributed by atoms with Gasteiger partial charge in [-0.25, -0.2) is 0 Å². The minimum Gasteiger partial charge on any atom is -0.368 e. The average molecular weight is 439 g/mol. The maximum Gasteiger partial charge on any atom is 0.243 e. The van der Waals surface area contributed by atoms with E-state index in [4.69, 9.17) is 5.73 Å². The molecule has 0 saturated carbocycles. The van der Waals surface area contributed by atoms with Crippen LogP contribution in [0.4, 0.5) is 0 Å². The van der Waals surface area contributed by atoms with E-state index in [-0.39, 0.29) is 37.0 Å². The summed E-state index contributed by atoms with van der Waals surface area (Å²) in [6.07, 6.45) is 2.50. The molecule has 0 radical (unpaired) electrons. The lowest BCUT2D eigenvalue weighted by molar-refractivity contribution is -0.143. The van der Waals surface area contributed by atoms with Crippen molar-refractivity contribution < 1.29 is 19.2 Å². The summed E-state index contributed by atoms with van der Waals surface area (Å²) in [5.74, 6) is -1.47. The predicted octanol–water partition coefficient (Wildman–Crippen LogP) is 1.26. The van der Waals surface area contributed by atoms with Crippen molar-refractivity contribution in [1.29, 1.82) is 0 Å². The molecule has 8 nitrogen and oxygen atoms in total. The molecule has 0 unspecified atom stereocenters. The standard InChI is InChI=1S/C24H30N4O4/c1-26-21(29)11-12-22(30)28-13-5-4-8-20(28)24(32)27-19(23(25)31)15-16-9-10-17-6-2-3-7-18(17)14-16/h2-3,6-7,9-10,14,19-20H,4-5,8,11-13,15H2,1H3,(H2,25,31)(H,26,29)(H,27,32)/t19-,20-/m0/s1. The second-order valence-corrected chi connectivity index (χ2v) is 8.12. The first-order chi connectivity index (χ1) is 15.4. The van der Waals surface area contributed by atoms with Crippen molar-refractivity contribution in [3.63, 3.8) is 0 Å². The van der Waals surface area contributed by atoms with Crippen LogP contribution in [0.1, 0.15) is 37.7 Å². The van der Waals surface area contributed by atoms with Gasteiger partial charge in [0.15, 0.2) is 0 Å². The van der Waals surface area contributed by atoms with E-state index in [0.717, 1.165) is 29.2 Å². The van der Waals surface area contributed by atoms with E-state index in [1.165, 1.54) is 11.9 Å². The largest absolute Gasteiger partial charge is 0.368 e. The lowest BCUT2D eigenvalue weighted by Gasteiger charge is -2.35. The number of amides is 4. The highest BCUT2D eigenvalue weighted by Gasteiger charge is 2.33. The molecule has 1 aliphatic heterocycles. The summed E-state index contributed by atoms with van der Waals surface area (Å²) in [6, 6.07) is 12.2. The van der Waals surface area contributed by atoms with Gasteiger partial charge in [-0.1, -0.05) is 42.5 Å². The summed E-state index contributed by atoms with van der Waals surface area (Å²) in [5.41, 5.74) is 6.47. The van der Waals surface area contributed by atoms with E-state index in [2.05, 4.69) is 10.6 Å².